The summed E-state index contributed by atoms with van der Waals surface area (Å²) in [7, 11) is 0. The van der Waals surface area contributed by atoms with Gasteiger partial charge < -0.3 is 9.64 Å². The Labute approximate surface area is 163 Å². The maximum absolute atomic E-state index is 11.5. The summed E-state index contributed by atoms with van der Waals surface area (Å²) >= 11 is 0. The third-order valence-corrected chi connectivity index (χ3v) is 4.66. The molecule has 1 aliphatic rings. The van der Waals surface area contributed by atoms with E-state index in [2.05, 4.69) is 20.3 Å². The fourth-order valence-corrected chi connectivity index (χ4v) is 2.88. The molecule has 2 aromatic rings. The first kappa shape index (κ1) is 19.6. The van der Waals surface area contributed by atoms with Crippen molar-refractivity contribution in [1.29, 1.82) is 5.53 Å². The van der Waals surface area contributed by atoms with Crippen molar-refractivity contribution in [3.63, 3.8) is 0 Å². The molecule has 0 aromatic carbocycles. The number of amides is 1. The molecule has 1 aliphatic heterocycles. The number of nitrogens with two attached hydrogens (primary N) is 1. The molecule has 0 spiro atoms. The monoisotopic (exact) mass is 382 g/mol. The van der Waals surface area contributed by atoms with E-state index in [0.717, 1.165) is 34.8 Å². The number of carbonyl (C=O) groups excluding carboxylic acids is 1. The summed E-state index contributed by atoms with van der Waals surface area (Å²) in [5, 5.41) is 13.8. The van der Waals surface area contributed by atoms with Crippen LogP contribution in [-0.4, -0.2) is 39.1 Å². The zero-order valence-corrected chi connectivity index (χ0v) is 16.3. The summed E-state index contributed by atoms with van der Waals surface area (Å²) in [6.45, 7) is 6.62. The molecule has 3 N–H and O–H groups in total. The predicted molar refractivity (Wildman–Crippen MR) is 101 cm³/mol. The molecule has 9 heteroatoms. The Morgan fingerprint density at radius 1 is 1.36 bits per heavy atom. The summed E-state index contributed by atoms with van der Waals surface area (Å²) in [5.41, 5.74) is 12.3. The molecule has 0 aliphatic carbocycles. The number of aryl methyl sites for hydroxylation is 1. The van der Waals surface area contributed by atoms with Crippen LogP contribution in [0.3, 0.4) is 0 Å². The van der Waals surface area contributed by atoms with Gasteiger partial charge in [0.15, 0.2) is 18.0 Å². The molecule has 3 rings (SSSR count). The van der Waals surface area contributed by atoms with Crippen LogP contribution in [0.1, 0.15) is 30.8 Å². The van der Waals surface area contributed by atoms with E-state index in [9.17, 15) is 4.79 Å². The van der Waals surface area contributed by atoms with Crippen LogP contribution < -0.4 is 10.1 Å². The first-order valence-electron chi connectivity index (χ1n) is 9.04. The molecular weight excluding hydrogens is 358 g/mol. The molecule has 1 amide bonds. The lowest BCUT2D eigenvalue weighted by atomic mass is 10.1. The standard InChI is InChI=1S/C19H23N7O2/c1-12-4-5-16(9-21-12)22-18(13(2)23-20)11-28-19-8-15-6-7-26(14(3)27)10-17(15)24-25-19/h4-5,8-9,20,22H,6-7,10-11H2,1-3H3/p+1/b18-13-,23-20?. The van der Waals surface area contributed by atoms with Crippen molar-refractivity contribution in [3.05, 3.63) is 52.7 Å². The van der Waals surface area contributed by atoms with Crippen LogP contribution in [0.5, 0.6) is 5.88 Å². The van der Waals surface area contributed by atoms with Crippen LogP contribution in [0.25, 0.3) is 0 Å². The van der Waals surface area contributed by atoms with Gasteiger partial charge in [-0.25, -0.2) is 5.53 Å². The molecule has 28 heavy (non-hydrogen) atoms. The smallest absolute Gasteiger partial charge is 0.234 e. The molecule has 0 unspecified atom stereocenters. The van der Waals surface area contributed by atoms with Crippen LogP contribution in [-0.2, 0) is 17.8 Å². The zero-order valence-electron chi connectivity index (χ0n) is 16.3. The number of rotatable bonds is 6. The summed E-state index contributed by atoms with van der Waals surface area (Å²) in [4.78, 5) is 17.6. The van der Waals surface area contributed by atoms with Crippen LogP contribution in [0.2, 0.25) is 0 Å². The first-order chi connectivity index (χ1) is 13.5. The van der Waals surface area contributed by atoms with Crippen molar-refractivity contribution in [2.24, 2.45) is 5.11 Å². The fourth-order valence-electron chi connectivity index (χ4n) is 2.88. The summed E-state index contributed by atoms with van der Waals surface area (Å²) in [6, 6.07) is 5.76. The van der Waals surface area contributed by atoms with E-state index in [4.69, 9.17) is 10.3 Å². The van der Waals surface area contributed by atoms with E-state index in [1.54, 1.807) is 24.9 Å². The van der Waals surface area contributed by atoms with Gasteiger partial charge in [0.2, 0.25) is 11.8 Å². The van der Waals surface area contributed by atoms with Crippen molar-refractivity contribution in [2.45, 2.75) is 33.7 Å². The Kier molecular flexibility index (Phi) is 6.05. The lowest BCUT2D eigenvalue weighted by Crippen LogP contribution is -2.77. The molecule has 0 bridgehead atoms. The molecule has 0 atom stereocenters. The minimum atomic E-state index is 0.0401. The number of ether oxygens (including phenoxy) is 1. The molecule has 146 valence electrons. The van der Waals surface area contributed by atoms with Crippen molar-refractivity contribution >= 4 is 11.6 Å². The SMILES string of the molecule is CC(=O)N1CCc2cc(OC/C([NH2+]c3ccc(C)nc3)=C(\C)N=N)nnc2C1. The highest BCUT2D eigenvalue weighted by Crippen LogP contribution is 2.20. The third-order valence-electron chi connectivity index (χ3n) is 4.66. The Morgan fingerprint density at radius 3 is 2.86 bits per heavy atom. The Balaban J connectivity index is 1.69. The summed E-state index contributed by atoms with van der Waals surface area (Å²) in [6.07, 6.45) is 2.50. The maximum atomic E-state index is 11.5. The van der Waals surface area contributed by atoms with Crippen molar-refractivity contribution in [1.82, 2.24) is 20.1 Å². The number of allylic oxidation sites excluding steroid dienone is 1. The van der Waals surface area contributed by atoms with Gasteiger partial charge >= 0.3 is 0 Å². The number of aromatic nitrogens is 3. The van der Waals surface area contributed by atoms with E-state index in [1.807, 2.05) is 30.4 Å². The average Bonchev–Trinajstić information content (AvgIpc) is 2.71. The van der Waals surface area contributed by atoms with Crippen molar-refractivity contribution in [3.8, 4) is 5.88 Å². The lowest BCUT2D eigenvalue weighted by molar-refractivity contribution is -0.522. The Morgan fingerprint density at radius 2 is 2.18 bits per heavy atom. The summed E-state index contributed by atoms with van der Waals surface area (Å²) < 4.78 is 5.82. The van der Waals surface area contributed by atoms with Crippen LogP contribution >= 0.6 is 0 Å². The number of quaternary nitrogens is 1. The Hall–Kier alpha value is -3.20. The highest BCUT2D eigenvalue weighted by Gasteiger charge is 2.21. The predicted octanol–water partition coefficient (Wildman–Crippen LogP) is 1.62. The Bertz CT molecular complexity index is 909. The number of fused-ring (bicyclic) bond motifs is 1. The lowest BCUT2D eigenvalue weighted by Gasteiger charge is -2.26. The maximum Gasteiger partial charge on any atom is 0.234 e. The van der Waals surface area contributed by atoms with Gasteiger partial charge in [0.1, 0.15) is 5.70 Å². The second kappa shape index (κ2) is 8.66. The molecule has 3 heterocycles. The van der Waals surface area contributed by atoms with Gasteiger partial charge in [0.25, 0.3) is 0 Å². The molecule has 2 aromatic heterocycles. The van der Waals surface area contributed by atoms with E-state index in [1.165, 1.54) is 0 Å². The van der Waals surface area contributed by atoms with Gasteiger partial charge in [0.05, 0.1) is 18.4 Å². The van der Waals surface area contributed by atoms with Gasteiger partial charge in [-0.3, -0.25) is 15.1 Å². The van der Waals surface area contributed by atoms with Gasteiger partial charge in [-0.1, -0.05) is 0 Å². The first-order valence-corrected chi connectivity index (χ1v) is 9.04. The second-order valence-electron chi connectivity index (χ2n) is 6.73. The highest BCUT2D eigenvalue weighted by molar-refractivity contribution is 5.73. The molecule has 0 saturated heterocycles. The van der Waals surface area contributed by atoms with Gasteiger partial charge in [-0.05, 0) is 31.9 Å². The molecular formula is C19H24N7O2+. The molecule has 0 saturated carbocycles. The number of nitrogens with zero attached hydrogens (tertiary/aromatic N) is 5. The van der Waals surface area contributed by atoms with E-state index < -0.39 is 0 Å². The van der Waals surface area contributed by atoms with Crippen molar-refractivity contribution in [2.75, 3.05) is 13.2 Å². The number of nitrogens with one attached hydrogen (secondary N) is 1. The van der Waals surface area contributed by atoms with Gasteiger partial charge in [-0.15, -0.1) is 10.2 Å². The number of carbonyl (C=O) groups is 1. The van der Waals surface area contributed by atoms with Gasteiger partial charge in [-0.2, -0.15) is 5.11 Å². The third kappa shape index (κ3) is 4.74. The number of hydrogen-bond donors (Lipinski definition) is 2. The topological polar surface area (TPSA) is 121 Å². The minimum Gasteiger partial charge on any atom is -0.466 e. The average molecular weight is 382 g/mol. The van der Waals surface area contributed by atoms with Crippen LogP contribution in [0, 0.1) is 12.5 Å². The van der Waals surface area contributed by atoms with Crippen LogP contribution in [0.4, 0.5) is 5.69 Å². The normalized spacial score (nSPS) is 14.2. The second-order valence-corrected chi connectivity index (χ2v) is 6.73. The van der Waals surface area contributed by atoms with E-state index in [0.29, 0.717) is 24.7 Å². The fraction of sp³-hybridized carbons (Fsp3) is 0.368. The minimum absolute atomic E-state index is 0.0401. The molecule has 0 fully saturated rings. The van der Waals surface area contributed by atoms with E-state index >= 15 is 0 Å². The quantitative estimate of drug-likeness (QED) is 0.736. The number of pyridine rings is 1. The highest BCUT2D eigenvalue weighted by atomic mass is 16.5. The van der Waals surface area contributed by atoms with E-state index in [-0.39, 0.29) is 12.5 Å². The summed E-state index contributed by atoms with van der Waals surface area (Å²) in [5.74, 6) is 0.457. The molecule has 0 radical (unpaired) electrons. The largest absolute Gasteiger partial charge is 0.466 e. The number of hydrogen-bond acceptors (Lipinski definition) is 7. The van der Waals surface area contributed by atoms with Crippen LogP contribution in [0.15, 0.2) is 40.9 Å². The molecule has 9 nitrogen and oxygen atoms in total. The van der Waals surface area contributed by atoms with Crippen molar-refractivity contribution < 1.29 is 14.8 Å². The van der Waals surface area contributed by atoms with Gasteiger partial charge in [0, 0.05) is 31.3 Å². The zero-order chi connectivity index (χ0) is 20.1.